The van der Waals surface area contributed by atoms with Crippen molar-refractivity contribution in [2.75, 3.05) is 42.9 Å². The zero-order valence-electron chi connectivity index (χ0n) is 16.5. The van der Waals surface area contributed by atoms with Crippen LogP contribution in [0.25, 0.3) is 0 Å². The Balaban J connectivity index is 0.00000300. The van der Waals surface area contributed by atoms with Gasteiger partial charge in [0.25, 0.3) is 0 Å². The van der Waals surface area contributed by atoms with Crippen molar-refractivity contribution < 1.29 is 9.18 Å². The molecule has 1 aliphatic rings. The number of rotatable bonds is 5. The highest BCUT2D eigenvalue weighted by Crippen LogP contribution is 2.17. The molecule has 1 fully saturated rings. The van der Waals surface area contributed by atoms with Gasteiger partial charge in [0.2, 0.25) is 5.91 Å². The normalized spacial score (nSPS) is 14.3. The number of benzene rings is 2. The minimum Gasteiger partial charge on any atom is -0.370 e. The van der Waals surface area contributed by atoms with Gasteiger partial charge in [-0.15, -0.1) is 24.0 Å². The Morgan fingerprint density at radius 3 is 2.48 bits per heavy atom. The van der Waals surface area contributed by atoms with E-state index in [2.05, 4.69) is 22.1 Å². The molecule has 1 saturated heterocycles. The van der Waals surface area contributed by atoms with Crippen LogP contribution in [0.2, 0.25) is 0 Å². The molecular weight excluding hydrogens is 484 g/mol. The molecule has 0 aromatic heterocycles. The summed E-state index contributed by atoms with van der Waals surface area (Å²) >= 11 is 0. The Bertz CT molecular complexity index is 835. The van der Waals surface area contributed by atoms with Crippen LogP contribution < -0.4 is 16.0 Å². The molecular formula is C21H27FIN5O. The van der Waals surface area contributed by atoms with Gasteiger partial charge in [0.1, 0.15) is 12.4 Å². The van der Waals surface area contributed by atoms with Gasteiger partial charge in [0, 0.05) is 37.6 Å². The summed E-state index contributed by atoms with van der Waals surface area (Å²) in [6, 6.07) is 14.3. The number of amides is 1. The molecule has 1 amide bonds. The Morgan fingerprint density at radius 1 is 1.14 bits per heavy atom. The maximum absolute atomic E-state index is 13.1. The number of hydrogen-bond acceptors (Lipinski definition) is 3. The SMILES string of the molecule is CCc1cccc(NC(=O)CN=C(N)N2CCN(c3ccc(F)cc3)CC2)c1.I. The monoisotopic (exact) mass is 511 g/mol. The summed E-state index contributed by atoms with van der Waals surface area (Å²) in [5.41, 5.74) is 8.99. The Kier molecular flexibility index (Phi) is 8.69. The fourth-order valence-electron chi connectivity index (χ4n) is 3.17. The molecule has 0 spiro atoms. The predicted molar refractivity (Wildman–Crippen MR) is 127 cm³/mol. The van der Waals surface area contributed by atoms with Gasteiger partial charge in [0.15, 0.2) is 5.96 Å². The smallest absolute Gasteiger partial charge is 0.246 e. The molecule has 0 radical (unpaired) electrons. The summed E-state index contributed by atoms with van der Waals surface area (Å²) in [4.78, 5) is 20.5. The maximum Gasteiger partial charge on any atom is 0.246 e. The van der Waals surface area contributed by atoms with Crippen LogP contribution in [0.4, 0.5) is 15.8 Å². The second kappa shape index (κ2) is 11.0. The first kappa shape index (κ1) is 22.9. The number of carbonyl (C=O) groups excluding carboxylic acids is 1. The van der Waals surface area contributed by atoms with E-state index in [1.807, 2.05) is 29.2 Å². The zero-order valence-corrected chi connectivity index (χ0v) is 18.8. The first-order chi connectivity index (χ1) is 13.5. The van der Waals surface area contributed by atoms with Gasteiger partial charge in [-0.05, 0) is 48.4 Å². The highest BCUT2D eigenvalue weighted by Gasteiger charge is 2.18. The number of carbonyl (C=O) groups is 1. The van der Waals surface area contributed by atoms with Gasteiger partial charge in [-0.1, -0.05) is 19.1 Å². The van der Waals surface area contributed by atoms with Gasteiger partial charge in [-0.3, -0.25) is 4.79 Å². The Morgan fingerprint density at radius 2 is 1.83 bits per heavy atom. The van der Waals surface area contributed by atoms with Crippen molar-refractivity contribution in [2.45, 2.75) is 13.3 Å². The van der Waals surface area contributed by atoms with Crippen molar-refractivity contribution in [1.29, 1.82) is 0 Å². The van der Waals surface area contributed by atoms with Crippen LogP contribution in [0.15, 0.2) is 53.5 Å². The number of nitrogens with zero attached hydrogens (tertiary/aromatic N) is 3. The minimum atomic E-state index is -0.238. The molecule has 2 aromatic carbocycles. The van der Waals surface area contributed by atoms with E-state index in [1.165, 1.54) is 17.7 Å². The molecule has 2 aromatic rings. The topological polar surface area (TPSA) is 74.0 Å². The Hall–Kier alpha value is -2.36. The van der Waals surface area contributed by atoms with Crippen molar-refractivity contribution in [3.8, 4) is 0 Å². The first-order valence-electron chi connectivity index (χ1n) is 9.49. The molecule has 0 bridgehead atoms. The van der Waals surface area contributed by atoms with Crippen molar-refractivity contribution in [3.63, 3.8) is 0 Å². The molecule has 8 heteroatoms. The fraction of sp³-hybridized carbons (Fsp3) is 0.333. The van der Waals surface area contributed by atoms with Gasteiger partial charge in [-0.2, -0.15) is 0 Å². The van der Waals surface area contributed by atoms with E-state index in [-0.39, 0.29) is 42.2 Å². The summed E-state index contributed by atoms with van der Waals surface area (Å²) < 4.78 is 13.1. The average molecular weight is 511 g/mol. The second-order valence-electron chi connectivity index (χ2n) is 6.73. The van der Waals surface area contributed by atoms with E-state index in [0.29, 0.717) is 19.0 Å². The lowest BCUT2D eigenvalue weighted by atomic mass is 10.1. The van der Waals surface area contributed by atoms with Gasteiger partial charge >= 0.3 is 0 Å². The molecule has 0 aliphatic carbocycles. The molecule has 1 aliphatic heterocycles. The minimum absolute atomic E-state index is 0. The van der Waals surface area contributed by atoms with Gasteiger partial charge in [0.05, 0.1) is 0 Å². The lowest BCUT2D eigenvalue weighted by Crippen LogP contribution is -2.51. The van der Waals surface area contributed by atoms with E-state index in [1.54, 1.807) is 12.1 Å². The number of nitrogens with two attached hydrogens (primary N) is 1. The Labute approximate surface area is 188 Å². The van der Waals surface area contributed by atoms with E-state index >= 15 is 0 Å². The quantitative estimate of drug-likeness (QED) is 0.368. The van der Waals surface area contributed by atoms with Crippen molar-refractivity contribution in [1.82, 2.24) is 4.90 Å². The number of halogens is 2. The molecule has 6 nitrogen and oxygen atoms in total. The highest BCUT2D eigenvalue weighted by atomic mass is 127. The summed E-state index contributed by atoms with van der Waals surface area (Å²) in [5, 5.41) is 2.85. The zero-order chi connectivity index (χ0) is 19.9. The van der Waals surface area contributed by atoms with Crippen LogP contribution in [0.1, 0.15) is 12.5 Å². The standard InChI is InChI=1S/C21H26FN5O.HI/c1-2-16-4-3-5-18(14-16)25-20(28)15-24-21(23)27-12-10-26(11-13-27)19-8-6-17(22)7-9-19;/h3-9,14H,2,10-13,15H2,1H3,(H2,23,24)(H,25,28);1H. The molecule has 3 rings (SSSR count). The molecule has 0 atom stereocenters. The van der Waals surface area contributed by atoms with Gasteiger partial charge in [-0.25, -0.2) is 9.38 Å². The number of guanidine groups is 1. The van der Waals surface area contributed by atoms with Crippen LogP contribution in [-0.2, 0) is 11.2 Å². The predicted octanol–water partition coefficient (Wildman–Crippen LogP) is 3.08. The van der Waals surface area contributed by atoms with Crippen LogP contribution in [0.3, 0.4) is 0 Å². The van der Waals surface area contributed by atoms with Crippen LogP contribution in [0, 0.1) is 5.82 Å². The number of aryl methyl sites for hydroxylation is 1. The number of aliphatic imine (C=N–C) groups is 1. The largest absolute Gasteiger partial charge is 0.370 e. The van der Waals surface area contributed by atoms with Gasteiger partial charge < -0.3 is 20.9 Å². The number of nitrogens with one attached hydrogen (secondary N) is 1. The summed E-state index contributed by atoms with van der Waals surface area (Å²) in [6.07, 6.45) is 0.915. The molecule has 1 heterocycles. The second-order valence-corrected chi connectivity index (χ2v) is 6.73. The first-order valence-corrected chi connectivity index (χ1v) is 9.49. The number of anilines is 2. The van der Waals surface area contributed by atoms with E-state index in [9.17, 15) is 9.18 Å². The van der Waals surface area contributed by atoms with Crippen LogP contribution >= 0.6 is 24.0 Å². The third-order valence-electron chi connectivity index (χ3n) is 4.80. The number of piperazine rings is 1. The lowest BCUT2D eigenvalue weighted by molar-refractivity contribution is -0.114. The summed E-state index contributed by atoms with van der Waals surface area (Å²) in [7, 11) is 0. The highest BCUT2D eigenvalue weighted by molar-refractivity contribution is 14.0. The number of hydrogen-bond donors (Lipinski definition) is 2. The van der Waals surface area contributed by atoms with E-state index in [4.69, 9.17) is 5.73 Å². The third kappa shape index (κ3) is 6.59. The summed E-state index contributed by atoms with van der Waals surface area (Å²) in [6.45, 7) is 4.98. The molecule has 29 heavy (non-hydrogen) atoms. The fourth-order valence-corrected chi connectivity index (χ4v) is 3.17. The van der Waals surface area contributed by atoms with Crippen LogP contribution in [0.5, 0.6) is 0 Å². The molecule has 0 unspecified atom stereocenters. The van der Waals surface area contributed by atoms with Crippen molar-refractivity contribution in [3.05, 3.63) is 59.9 Å². The van der Waals surface area contributed by atoms with Crippen LogP contribution in [-0.4, -0.2) is 49.5 Å². The molecule has 3 N–H and O–H groups in total. The average Bonchev–Trinajstić information content (AvgIpc) is 2.73. The van der Waals surface area contributed by atoms with Crippen molar-refractivity contribution in [2.24, 2.45) is 10.7 Å². The maximum atomic E-state index is 13.1. The molecule has 156 valence electrons. The van der Waals surface area contributed by atoms with Crippen molar-refractivity contribution >= 4 is 47.2 Å². The molecule has 0 saturated carbocycles. The van der Waals surface area contributed by atoms with E-state index < -0.39 is 0 Å². The van der Waals surface area contributed by atoms with E-state index in [0.717, 1.165) is 30.9 Å². The third-order valence-corrected chi connectivity index (χ3v) is 4.80. The summed E-state index contributed by atoms with van der Waals surface area (Å²) in [5.74, 6) is -0.0594. The lowest BCUT2D eigenvalue weighted by Gasteiger charge is -2.36.